The molecular formula is C31H45N3O6S. The number of nitrogens with zero attached hydrogens (tertiary/aromatic N) is 1. The second-order valence-electron chi connectivity index (χ2n) is 12.6. The van der Waals surface area contributed by atoms with Gasteiger partial charge in [-0.2, -0.15) is 0 Å². The number of amides is 1. The van der Waals surface area contributed by atoms with Gasteiger partial charge in [0, 0.05) is 6.04 Å². The molecule has 3 rings (SSSR count). The molecule has 9 nitrogen and oxygen atoms in total. The first-order valence-electron chi connectivity index (χ1n) is 14.3. The Balaban J connectivity index is 2.39. The number of hydrogen-bond donors (Lipinski definition) is 2. The molecule has 1 saturated carbocycles. The fraction of sp³-hybridized carbons (Fsp3) is 0.581. The molecule has 0 radical (unpaired) electrons. The van der Waals surface area contributed by atoms with Gasteiger partial charge in [-0.1, -0.05) is 57.5 Å². The van der Waals surface area contributed by atoms with Gasteiger partial charge in [0.2, 0.25) is 10.0 Å². The van der Waals surface area contributed by atoms with E-state index in [1.165, 1.54) is 4.57 Å². The molecule has 0 saturated heterocycles. The molecule has 1 amide bonds. The number of anilines is 1. The first kappa shape index (κ1) is 32.4. The van der Waals surface area contributed by atoms with Crippen LogP contribution in [0, 0.1) is 25.2 Å². The van der Waals surface area contributed by atoms with E-state index in [-0.39, 0.29) is 30.3 Å². The van der Waals surface area contributed by atoms with Crippen molar-refractivity contribution in [2.24, 2.45) is 11.3 Å². The normalized spacial score (nSPS) is 18.4. The number of carbonyl (C=O) groups is 2. The number of rotatable bonds is 9. The number of sulfonamides is 1. The lowest BCUT2D eigenvalue weighted by atomic mass is 9.86. The van der Waals surface area contributed by atoms with E-state index in [1.807, 2.05) is 52.0 Å². The molecule has 1 aliphatic carbocycles. The predicted molar refractivity (Wildman–Crippen MR) is 163 cm³/mol. The van der Waals surface area contributed by atoms with Crippen LogP contribution in [0.1, 0.15) is 94.2 Å². The average Bonchev–Trinajstić information content (AvgIpc) is 2.85. The summed E-state index contributed by atoms with van der Waals surface area (Å²) >= 11 is 0. The molecule has 0 aliphatic heterocycles. The van der Waals surface area contributed by atoms with Crippen LogP contribution < -0.4 is 15.6 Å². The molecule has 1 atom stereocenters. The third kappa shape index (κ3) is 8.21. The molecule has 1 aliphatic rings. The van der Waals surface area contributed by atoms with Crippen LogP contribution in [0.5, 0.6) is 0 Å². The van der Waals surface area contributed by atoms with Gasteiger partial charge in [0.05, 0.1) is 24.1 Å². The predicted octanol–water partition coefficient (Wildman–Crippen LogP) is 5.35. The van der Waals surface area contributed by atoms with E-state index in [0.29, 0.717) is 22.7 Å². The molecular weight excluding hydrogens is 542 g/mol. The third-order valence-electron chi connectivity index (χ3n) is 7.52. The minimum Gasteiger partial charge on any atom is -0.464 e. The molecule has 2 aromatic rings. The van der Waals surface area contributed by atoms with Gasteiger partial charge >= 0.3 is 5.97 Å². The lowest BCUT2D eigenvalue weighted by molar-refractivity contribution is -0.148. The van der Waals surface area contributed by atoms with Crippen molar-refractivity contribution in [3.63, 3.8) is 0 Å². The molecule has 1 aromatic heterocycles. The molecule has 41 heavy (non-hydrogen) atoms. The van der Waals surface area contributed by atoms with Gasteiger partial charge in [-0.25, -0.2) is 13.2 Å². The fourth-order valence-electron chi connectivity index (χ4n) is 5.50. The van der Waals surface area contributed by atoms with E-state index < -0.39 is 38.9 Å². The zero-order valence-electron chi connectivity index (χ0n) is 25.6. The third-order valence-corrected chi connectivity index (χ3v) is 8.10. The van der Waals surface area contributed by atoms with Crippen molar-refractivity contribution in [1.82, 2.24) is 9.88 Å². The van der Waals surface area contributed by atoms with E-state index in [0.717, 1.165) is 37.5 Å². The number of carbonyl (C=O) groups excluding carboxylic acids is 2. The van der Waals surface area contributed by atoms with Gasteiger partial charge in [-0.3, -0.25) is 18.9 Å². The summed E-state index contributed by atoms with van der Waals surface area (Å²) in [5.74, 6) is -0.544. The number of aromatic nitrogens is 1. The molecule has 10 heteroatoms. The van der Waals surface area contributed by atoms with Gasteiger partial charge in [0.1, 0.15) is 11.7 Å². The van der Waals surface area contributed by atoms with Crippen LogP contribution in [-0.2, 0) is 19.6 Å². The van der Waals surface area contributed by atoms with Crippen molar-refractivity contribution < 1.29 is 22.7 Å². The maximum absolute atomic E-state index is 14.4. The van der Waals surface area contributed by atoms with Crippen LogP contribution in [-0.4, -0.2) is 43.8 Å². The smallest absolute Gasteiger partial charge is 0.329 e. The highest BCUT2D eigenvalue weighted by Gasteiger charge is 2.35. The van der Waals surface area contributed by atoms with Crippen LogP contribution in [0.4, 0.5) is 5.69 Å². The summed E-state index contributed by atoms with van der Waals surface area (Å²) in [6.45, 7) is 13.5. The SMILES string of the molecule is CCOC(=O)C(CC(C)(C)C)n1c(-c2ccc(C)cc2)c(C)c(C(=O)NC2CCC(C)CC2)c(NS(C)(=O)=O)c1=O. The van der Waals surface area contributed by atoms with Crippen molar-refractivity contribution in [2.75, 3.05) is 17.6 Å². The highest BCUT2D eigenvalue weighted by molar-refractivity contribution is 7.92. The lowest BCUT2D eigenvalue weighted by Gasteiger charge is -2.31. The Morgan fingerprint density at radius 3 is 2.17 bits per heavy atom. The van der Waals surface area contributed by atoms with E-state index in [4.69, 9.17) is 4.74 Å². The largest absolute Gasteiger partial charge is 0.464 e. The first-order valence-corrected chi connectivity index (χ1v) is 16.2. The van der Waals surface area contributed by atoms with Crippen LogP contribution in [0.25, 0.3) is 11.3 Å². The summed E-state index contributed by atoms with van der Waals surface area (Å²) < 4.78 is 34.1. The van der Waals surface area contributed by atoms with Crippen molar-refractivity contribution >= 4 is 27.6 Å². The Morgan fingerprint density at radius 1 is 1.07 bits per heavy atom. The van der Waals surface area contributed by atoms with Gasteiger partial charge in [-0.05, 0) is 75.3 Å². The van der Waals surface area contributed by atoms with E-state index in [1.54, 1.807) is 13.8 Å². The fourth-order valence-corrected chi connectivity index (χ4v) is 6.06. The molecule has 1 unspecified atom stereocenters. The lowest BCUT2D eigenvalue weighted by Crippen LogP contribution is -2.41. The first-order chi connectivity index (χ1) is 19.0. The zero-order valence-corrected chi connectivity index (χ0v) is 26.4. The molecule has 1 heterocycles. The standard InChI is InChI=1S/C31H45N3O6S/c1-9-40-30(37)24(18-31(5,6)7)34-27(22-14-10-19(2)11-15-22)21(4)25(26(29(34)36)33-41(8,38)39)28(35)32-23-16-12-20(3)13-17-23/h10-11,14-15,20,23-24,33H,9,12-13,16-18H2,1-8H3,(H,32,35). The van der Waals surface area contributed by atoms with Gasteiger partial charge < -0.3 is 10.1 Å². The maximum Gasteiger partial charge on any atom is 0.329 e. The van der Waals surface area contributed by atoms with Crippen LogP contribution in [0.15, 0.2) is 29.1 Å². The Labute approximate surface area is 244 Å². The minimum absolute atomic E-state index is 0.0377. The summed E-state index contributed by atoms with van der Waals surface area (Å²) in [4.78, 5) is 41.7. The van der Waals surface area contributed by atoms with E-state index >= 15 is 0 Å². The number of pyridine rings is 1. The number of ether oxygens (including phenoxy) is 1. The highest BCUT2D eigenvalue weighted by Crippen LogP contribution is 2.36. The Hall–Kier alpha value is -3.14. The minimum atomic E-state index is -3.96. The Kier molecular flexibility index (Phi) is 10.1. The molecule has 1 fully saturated rings. The van der Waals surface area contributed by atoms with Crippen molar-refractivity contribution in [3.05, 3.63) is 51.3 Å². The molecule has 2 N–H and O–H groups in total. The molecule has 1 aromatic carbocycles. The van der Waals surface area contributed by atoms with Gasteiger partial charge in [0.25, 0.3) is 11.5 Å². The number of hydrogen-bond acceptors (Lipinski definition) is 6. The van der Waals surface area contributed by atoms with Gasteiger partial charge in [0.15, 0.2) is 0 Å². The van der Waals surface area contributed by atoms with E-state index in [9.17, 15) is 22.8 Å². The summed E-state index contributed by atoms with van der Waals surface area (Å²) in [5, 5.41) is 3.05. The zero-order chi connectivity index (χ0) is 30.7. The highest BCUT2D eigenvalue weighted by atomic mass is 32.2. The number of nitrogens with one attached hydrogen (secondary N) is 2. The number of benzene rings is 1. The van der Waals surface area contributed by atoms with Gasteiger partial charge in [-0.15, -0.1) is 0 Å². The van der Waals surface area contributed by atoms with Crippen LogP contribution in [0.2, 0.25) is 0 Å². The second-order valence-corrected chi connectivity index (χ2v) is 14.4. The quantitative estimate of drug-likeness (QED) is 0.381. The van der Waals surface area contributed by atoms with Crippen molar-refractivity contribution in [3.8, 4) is 11.3 Å². The van der Waals surface area contributed by atoms with Crippen molar-refractivity contribution in [2.45, 2.75) is 92.7 Å². The van der Waals surface area contributed by atoms with Crippen molar-refractivity contribution in [1.29, 1.82) is 0 Å². The molecule has 226 valence electrons. The number of esters is 1. The second kappa shape index (κ2) is 12.8. The summed E-state index contributed by atoms with van der Waals surface area (Å²) in [5.41, 5.74) is 0.810. The monoisotopic (exact) mass is 587 g/mol. The van der Waals surface area contributed by atoms with Crippen LogP contribution in [0.3, 0.4) is 0 Å². The maximum atomic E-state index is 14.4. The molecule has 0 bridgehead atoms. The summed E-state index contributed by atoms with van der Waals surface area (Å²) in [6, 6.07) is 6.30. The van der Waals surface area contributed by atoms with E-state index in [2.05, 4.69) is 17.0 Å². The summed E-state index contributed by atoms with van der Waals surface area (Å²) in [6.07, 6.45) is 4.74. The average molecular weight is 588 g/mol. The topological polar surface area (TPSA) is 124 Å². The molecule has 0 spiro atoms. The van der Waals surface area contributed by atoms with Crippen LogP contribution >= 0.6 is 0 Å². The Bertz CT molecular complexity index is 1430. The summed E-state index contributed by atoms with van der Waals surface area (Å²) in [7, 11) is -3.96. The number of aryl methyl sites for hydroxylation is 1. The Morgan fingerprint density at radius 2 is 1.66 bits per heavy atom.